The van der Waals surface area contributed by atoms with Crippen molar-refractivity contribution in [3.8, 4) is 0 Å². The molecular formula is C11H18N2O4. The molecule has 0 aromatic carbocycles. The monoisotopic (exact) mass is 242 g/mol. The molecule has 0 heterocycles. The summed E-state index contributed by atoms with van der Waals surface area (Å²) >= 11 is 0. The number of carbonyl (C=O) groups is 2. The van der Waals surface area contributed by atoms with Gasteiger partial charge in [-0.2, -0.15) is 0 Å². The maximum Gasteiger partial charge on any atom is 0.333 e. The standard InChI is InChI=1S/C11H18N2O4/c1-8(2)11(15)17-7-6-12-10(14)5-4-9(3)13-16/h16H,1,4-7H2,2-3H3,(H,12,14). The number of esters is 1. The van der Waals surface area contributed by atoms with Crippen molar-refractivity contribution in [2.45, 2.75) is 26.7 Å². The average molecular weight is 242 g/mol. The second kappa shape index (κ2) is 8.32. The molecule has 96 valence electrons. The molecule has 17 heavy (non-hydrogen) atoms. The van der Waals surface area contributed by atoms with E-state index >= 15 is 0 Å². The molecule has 0 unspecified atom stereocenters. The van der Waals surface area contributed by atoms with Crippen LogP contribution in [0, 0.1) is 0 Å². The van der Waals surface area contributed by atoms with Crippen molar-refractivity contribution in [2.75, 3.05) is 13.2 Å². The molecule has 6 nitrogen and oxygen atoms in total. The van der Waals surface area contributed by atoms with Crippen molar-refractivity contribution in [1.29, 1.82) is 0 Å². The minimum absolute atomic E-state index is 0.116. The van der Waals surface area contributed by atoms with Crippen LogP contribution < -0.4 is 5.32 Å². The molecule has 1 amide bonds. The van der Waals surface area contributed by atoms with Crippen LogP contribution in [0.3, 0.4) is 0 Å². The number of nitrogens with one attached hydrogen (secondary N) is 1. The first-order valence-corrected chi connectivity index (χ1v) is 5.24. The Labute approximate surface area is 100 Å². The van der Waals surface area contributed by atoms with E-state index < -0.39 is 5.97 Å². The highest BCUT2D eigenvalue weighted by molar-refractivity contribution is 5.87. The van der Waals surface area contributed by atoms with Crippen molar-refractivity contribution >= 4 is 17.6 Å². The van der Waals surface area contributed by atoms with Gasteiger partial charge < -0.3 is 15.3 Å². The third kappa shape index (κ3) is 8.01. The Morgan fingerprint density at radius 2 is 2.00 bits per heavy atom. The SMILES string of the molecule is C=C(C)C(=O)OCCNC(=O)CCC(C)=NO. The van der Waals surface area contributed by atoms with Gasteiger partial charge >= 0.3 is 5.97 Å². The second-order valence-electron chi connectivity index (χ2n) is 3.60. The molecule has 0 aliphatic rings. The van der Waals surface area contributed by atoms with E-state index in [0.717, 1.165) is 0 Å². The van der Waals surface area contributed by atoms with Crippen LogP contribution in [-0.2, 0) is 14.3 Å². The van der Waals surface area contributed by atoms with E-state index in [1.54, 1.807) is 13.8 Å². The zero-order chi connectivity index (χ0) is 13.3. The fraction of sp³-hybridized carbons (Fsp3) is 0.545. The molecule has 6 heteroatoms. The van der Waals surface area contributed by atoms with Crippen molar-refractivity contribution in [1.82, 2.24) is 5.32 Å². The van der Waals surface area contributed by atoms with E-state index in [9.17, 15) is 9.59 Å². The molecule has 0 aromatic rings. The van der Waals surface area contributed by atoms with Crippen LogP contribution in [0.25, 0.3) is 0 Å². The van der Waals surface area contributed by atoms with E-state index in [2.05, 4.69) is 17.1 Å². The third-order valence-electron chi connectivity index (χ3n) is 1.89. The average Bonchev–Trinajstić information content (AvgIpc) is 2.30. The summed E-state index contributed by atoms with van der Waals surface area (Å²) < 4.78 is 4.78. The normalized spacial score (nSPS) is 10.8. The Hall–Kier alpha value is -1.85. The lowest BCUT2D eigenvalue weighted by molar-refractivity contribution is -0.139. The zero-order valence-corrected chi connectivity index (χ0v) is 10.2. The van der Waals surface area contributed by atoms with Gasteiger partial charge in [0.25, 0.3) is 0 Å². The van der Waals surface area contributed by atoms with Crippen molar-refractivity contribution in [2.24, 2.45) is 5.16 Å². The molecule has 0 spiro atoms. The number of hydrogen-bond acceptors (Lipinski definition) is 5. The van der Waals surface area contributed by atoms with E-state index in [1.165, 1.54) is 0 Å². The van der Waals surface area contributed by atoms with Gasteiger partial charge in [-0.1, -0.05) is 11.7 Å². The first-order chi connectivity index (χ1) is 7.97. The molecule has 0 aliphatic heterocycles. The number of rotatable bonds is 7. The largest absolute Gasteiger partial charge is 0.460 e. The molecule has 0 aromatic heterocycles. The lowest BCUT2D eigenvalue weighted by Gasteiger charge is -2.06. The lowest BCUT2D eigenvalue weighted by atomic mass is 10.2. The fourth-order valence-corrected chi connectivity index (χ4v) is 0.890. The van der Waals surface area contributed by atoms with Gasteiger partial charge in [-0.15, -0.1) is 0 Å². The van der Waals surface area contributed by atoms with Gasteiger partial charge in [0.05, 0.1) is 12.3 Å². The molecule has 0 fully saturated rings. The van der Waals surface area contributed by atoms with Crippen molar-refractivity contribution < 1.29 is 19.5 Å². The first-order valence-electron chi connectivity index (χ1n) is 5.24. The Morgan fingerprint density at radius 1 is 1.35 bits per heavy atom. The summed E-state index contributed by atoms with van der Waals surface area (Å²) in [5.41, 5.74) is 0.819. The van der Waals surface area contributed by atoms with Crippen LogP contribution in [-0.4, -0.2) is 35.9 Å². The Balaban J connectivity index is 3.59. The lowest BCUT2D eigenvalue weighted by Crippen LogP contribution is -2.28. The van der Waals surface area contributed by atoms with Gasteiger partial charge in [-0.05, 0) is 20.3 Å². The quantitative estimate of drug-likeness (QED) is 0.173. The van der Waals surface area contributed by atoms with E-state index in [0.29, 0.717) is 17.7 Å². The summed E-state index contributed by atoms with van der Waals surface area (Å²) in [6.45, 7) is 6.98. The maximum atomic E-state index is 11.2. The maximum absolute atomic E-state index is 11.2. The van der Waals surface area contributed by atoms with E-state index in [4.69, 9.17) is 9.94 Å². The summed E-state index contributed by atoms with van der Waals surface area (Å²) in [5, 5.41) is 13.9. The summed E-state index contributed by atoms with van der Waals surface area (Å²) in [5.74, 6) is -0.651. The smallest absolute Gasteiger partial charge is 0.333 e. The van der Waals surface area contributed by atoms with Gasteiger partial charge in [0.1, 0.15) is 6.61 Å². The Kier molecular flexibility index (Phi) is 7.41. The summed E-state index contributed by atoms with van der Waals surface area (Å²) in [6, 6.07) is 0. The predicted molar refractivity (Wildman–Crippen MR) is 62.9 cm³/mol. The van der Waals surface area contributed by atoms with Crippen molar-refractivity contribution in [3.63, 3.8) is 0 Å². The minimum Gasteiger partial charge on any atom is -0.460 e. The highest BCUT2D eigenvalue weighted by Crippen LogP contribution is 1.93. The molecular weight excluding hydrogens is 224 g/mol. The Morgan fingerprint density at radius 3 is 2.53 bits per heavy atom. The molecule has 2 N–H and O–H groups in total. The Bertz CT molecular complexity index is 323. The molecule has 0 rings (SSSR count). The number of carbonyl (C=O) groups excluding carboxylic acids is 2. The molecule has 0 bridgehead atoms. The van der Waals surface area contributed by atoms with E-state index in [-0.39, 0.29) is 25.5 Å². The number of amides is 1. The second-order valence-corrected chi connectivity index (χ2v) is 3.60. The molecule has 0 radical (unpaired) electrons. The van der Waals surface area contributed by atoms with Crippen LogP contribution in [0.5, 0.6) is 0 Å². The molecule has 0 aliphatic carbocycles. The van der Waals surface area contributed by atoms with Crippen LogP contribution in [0.4, 0.5) is 0 Å². The summed E-state index contributed by atoms with van der Waals surface area (Å²) in [4.78, 5) is 22.2. The highest BCUT2D eigenvalue weighted by Gasteiger charge is 2.04. The van der Waals surface area contributed by atoms with Gasteiger partial charge in [-0.3, -0.25) is 4.79 Å². The van der Waals surface area contributed by atoms with Crippen LogP contribution in [0.1, 0.15) is 26.7 Å². The zero-order valence-electron chi connectivity index (χ0n) is 10.2. The van der Waals surface area contributed by atoms with Gasteiger partial charge in [0.2, 0.25) is 5.91 Å². The van der Waals surface area contributed by atoms with Crippen molar-refractivity contribution in [3.05, 3.63) is 12.2 Å². The molecule has 0 saturated heterocycles. The van der Waals surface area contributed by atoms with Crippen LogP contribution in [0.15, 0.2) is 17.3 Å². The number of nitrogens with zero attached hydrogens (tertiary/aromatic N) is 1. The topological polar surface area (TPSA) is 88.0 Å². The fourth-order valence-electron chi connectivity index (χ4n) is 0.890. The van der Waals surface area contributed by atoms with Crippen LogP contribution >= 0.6 is 0 Å². The summed E-state index contributed by atoms with van der Waals surface area (Å²) in [6.07, 6.45) is 0.637. The highest BCUT2D eigenvalue weighted by atomic mass is 16.5. The minimum atomic E-state index is -0.470. The third-order valence-corrected chi connectivity index (χ3v) is 1.89. The number of hydrogen-bond donors (Lipinski definition) is 2. The summed E-state index contributed by atoms with van der Waals surface area (Å²) in [7, 11) is 0. The van der Waals surface area contributed by atoms with Crippen LogP contribution in [0.2, 0.25) is 0 Å². The molecule has 0 saturated carbocycles. The number of ether oxygens (including phenoxy) is 1. The van der Waals surface area contributed by atoms with Gasteiger partial charge in [0.15, 0.2) is 0 Å². The van der Waals surface area contributed by atoms with E-state index in [1.807, 2.05) is 0 Å². The number of oxime groups is 1. The predicted octanol–water partition coefficient (Wildman–Crippen LogP) is 0.852. The molecule has 0 atom stereocenters. The van der Waals surface area contributed by atoms with Gasteiger partial charge in [0, 0.05) is 12.0 Å². The van der Waals surface area contributed by atoms with Gasteiger partial charge in [-0.25, -0.2) is 4.79 Å². The first kappa shape index (κ1) is 15.2.